The Morgan fingerprint density at radius 3 is 2.82 bits per heavy atom. The summed E-state index contributed by atoms with van der Waals surface area (Å²) in [6.45, 7) is 3.67. The number of carbonyl (C=O) groups excluding carboxylic acids is 1. The Hall–Kier alpha value is -1.36. The lowest BCUT2D eigenvalue weighted by atomic mass is 10.2. The van der Waals surface area contributed by atoms with Crippen molar-refractivity contribution in [1.29, 1.82) is 0 Å². The fourth-order valence-corrected chi connectivity index (χ4v) is 2.18. The maximum absolute atomic E-state index is 11.9. The van der Waals surface area contributed by atoms with E-state index in [-0.39, 0.29) is 11.9 Å². The van der Waals surface area contributed by atoms with Crippen LogP contribution in [0.5, 0.6) is 0 Å². The third-order valence-corrected chi connectivity index (χ3v) is 3.11. The molecule has 2 rings (SSSR count). The van der Waals surface area contributed by atoms with Gasteiger partial charge in [0.2, 0.25) is 5.91 Å². The van der Waals surface area contributed by atoms with Gasteiger partial charge in [-0.15, -0.1) is 0 Å². The van der Waals surface area contributed by atoms with Gasteiger partial charge in [-0.2, -0.15) is 0 Å². The van der Waals surface area contributed by atoms with Gasteiger partial charge in [-0.05, 0) is 26.7 Å². The lowest BCUT2D eigenvalue weighted by molar-refractivity contribution is -0.118. The van der Waals surface area contributed by atoms with Crippen LogP contribution in [0.2, 0.25) is 0 Å². The fourth-order valence-electron chi connectivity index (χ4n) is 2.18. The number of hydrogen-bond acceptors (Lipinski definition) is 4. The number of carbonyl (C=O) groups is 1. The zero-order valence-corrected chi connectivity index (χ0v) is 10.3. The Bertz CT molecular complexity index is 383. The Kier molecular flexibility index (Phi) is 3.78. The second-order valence-corrected chi connectivity index (χ2v) is 4.68. The Balaban J connectivity index is 1.82. The maximum atomic E-state index is 11.9. The summed E-state index contributed by atoms with van der Waals surface area (Å²) in [5.74, 6) is 1.11. The molecule has 0 radical (unpaired) electrons. The van der Waals surface area contributed by atoms with E-state index in [1.165, 1.54) is 25.7 Å². The number of anilines is 1. The van der Waals surface area contributed by atoms with Crippen LogP contribution in [0.25, 0.3) is 0 Å². The Labute approximate surface area is 101 Å². The molecule has 1 heterocycles. The van der Waals surface area contributed by atoms with E-state index in [0.29, 0.717) is 17.6 Å². The molecule has 2 N–H and O–H groups in total. The summed E-state index contributed by atoms with van der Waals surface area (Å²) in [4.78, 5) is 11.9. The van der Waals surface area contributed by atoms with Gasteiger partial charge in [-0.3, -0.25) is 4.79 Å². The summed E-state index contributed by atoms with van der Waals surface area (Å²) < 4.78 is 4.89. The lowest BCUT2D eigenvalue weighted by Gasteiger charge is -2.17. The molecule has 94 valence electrons. The lowest BCUT2D eigenvalue weighted by Crippen LogP contribution is -2.42. The van der Waals surface area contributed by atoms with E-state index in [9.17, 15) is 4.79 Å². The second-order valence-electron chi connectivity index (χ2n) is 4.68. The molecule has 17 heavy (non-hydrogen) atoms. The standard InChI is InChI=1S/C12H19N3O2/c1-8-7-11(15-17-8)14-12(16)9(2)13-10-5-3-4-6-10/h7,9-10,13H,3-6H2,1-2H3,(H,14,15,16). The van der Waals surface area contributed by atoms with Crippen molar-refractivity contribution in [2.45, 2.75) is 51.6 Å². The summed E-state index contributed by atoms with van der Waals surface area (Å²) in [5, 5.41) is 9.80. The van der Waals surface area contributed by atoms with Crippen molar-refractivity contribution in [2.75, 3.05) is 5.32 Å². The number of nitrogens with zero attached hydrogens (tertiary/aromatic N) is 1. The first-order chi connectivity index (χ1) is 8.15. The fraction of sp³-hybridized carbons (Fsp3) is 0.667. The molecular formula is C12H19N3O2. The maximum Gasteiger partial charge on any atom is 0.242 e. The molecule has 1 amide bonds. The molecule has 5 nitrogen and oxygen atoms in total. The Morgan fingerprint density at radius 2 is 2.24 bits per heavy atom. The van der Waals surface area contributed by atoms with Gasteiger partial charge in [0, 0.05) is 12.1 Å². The van der Waals surface area contributed by atoms with Crippen LogP contribution in [-0.4, -0.2) is 23.1 Å². The predicted molar refractivity (Wildman–Crippen MR) is 64.7 cm³/mol. The van der Waals surface area contributed by atoms with Gasteiger partial charge in [0.05, 0.1) is 6.04 Å². The van der Waals surface area contributed by atoms with E-state index in [4.69, 9.17) is 4.52 Å². The molecule has 0 bridgehead atoms. The minimum absolute atomic E-state index is 0.0646. The SMILES string of the molecule is Cc1cc(NC(=O)C(C)NC2CCCC2)no1. The topological polar surface area (TPSA) is 67.2 Å². The molecule has 1 aromatic heterocycles. The first kappa shape index (κ1) is 12.1. The molecule has 5 heteroatoms. The summed E-state index contributed by atoms with van der Waals surface area (Å²) in [6.07, 6.45) is 4.85. The number of aryl methyl sites for hydroxylation is 1. The van der Waals surface area contributed by atoms with E-state index >= 15 is 0 Å². The van der Waals surface area contributed by atoms with Crippen LogP contribution >= 0.6 is 0 Å². The van der Waals surface area contributed by atoms with Crippen molar-refractivity contribution in [3.63, 3.8) is 0 Å². The van der Waals surface area contributed by atoms with Gasteiger partial charge in [-0.1, -0.05) is 18.0 Å². The second kappa shape index (κ2) is 5.31. The largest absolute Gasteiger partial charge is 0.360 e. The third kappa shape index (κ3) is 3.30. The molecule has 1 saturated carbocycles. The highest BCUT2D eigenvalue weighted by Gasteiger charge is 2.21. The van der Waals surface area contributed by atoms with Crippen molar-refractivity contribution in [3.8, 4) is 0 Å². The molecule has 0 aliphatic heterocycles. The molecule has 1 unspecified atom stereocenters. The van der Waals surface area contributed by atoms with Crippen LogP contribution < -0.4 is 10.6 Å². The quantitative estimate of drug-likeness (QED) is 0.838. The van der Waals surface area contributed by atoms with Gasteiger partial charge >= 0.3 is 0 Å². The number of aromatic nitrogens is 1. The molecule has 0 spiro atoms. The average Bonchev–Trinajstić information content (AvgIpc) is 2.90. The average molecular weight is 237 g/mol. The van der Waals surface area contributed by atoms with Crippen LogP contribution in [0.3, 0.4) is 0 Å². The van der Waals surface area contributed by atoms with Crippen LogP contribution in [0.15, 0.2) is 10.6 Å². The molecule has 1 fully saturated rings. The van der Waals surface area contributed by atoms with Crippen LogP contribution in [0.1, 0.15) is 38.4 Å². The highest BCUT2D eigenvalue weighted by atomic mass is 16.5. The van der Waals surface area contributed by atoms with E-state index in [1.807, 2.05) is 6.92 Å². The van der Waals surface area contributed by atoms with Crippen molar-refractivity contribution in [3.05, 3.63) is 11.8 Å². The van der Waals surface area contributed by atoms with Crippen molar-refractivity contribution < 1.29 is 9.32 Å². The highest BCUT2D eigenvalue weighted by Crippen LogP contribution is 2.18. The van der Waals surface area contributed by atoms with Crippen LogP contribution in [0, 0.1) is 6.92 Å². The minimum Gasteiger partial charge on any atom is -0.360 e. The molecule has 0 saturated heterocycles. The number of rotatable bonds is 4. The molecule has 1 aromatic rings. The van der Waals surface area contributed by atoms with Crippen molar-refractivity contribution in [2.24, 2.45) is 0 Å². The molecule has 0 aromatic carbocycles. The number of amides is 1. The molecular weight excluding hydrogens is 218 g/mol. The smallest absolute Gasteiger partial charge is 0.242 e. The van der Waals surface area contributed by atoms with Gasteiger partial charge in [0.25, 0.3) is 0 Å². The number of nitrogens with one attached hydrogen (secondary N) is 2. The van der Waals surface area contributed by atoms with Crippen molar-refractivity contribution in [1.82, 2.24) is 10.5 Å². The molecule has 1 atom stereocenters. The van der Waals surface area contributed by atoms with Crippen LogP contribution in [-0.2, 0) is 4.79 Å². The normalized spacial score (nSPS) is 18.2. The summed E-state index contributed by atoms with van der Waals surface area (Å²) in [6, 6.07) is 1.99. The highest BCUT2D eigenvalue weighted by molar-refractivity contribution is 5.93. The monoisotopic (exact) mass is 237 g/mol. The zero-order chi connectivity index (χ0) is 12.3. The first-order valence-corrected chi connectivity index (χ1v) is 6.15. The molecule has 1 aliphatic rings. The van der Waals surface area contributed by atoms with Gasteiger partial charge < -0.3 is 15.2 Å². The number of hydrogen-bond donors (Lipinski definition) is 2. The summed E-state index contributed by atoms with van der Waals surface area (Å²) in [7, 11) is 0. The van der Waals surface area contributed by atoms with E-state index in [1.54, 1.807) is 13.0 Å². The van der Waals surface area contributed by atoms with E-state index in [0.717, 1.165) is 0 Å². The third-order valence-electron chi connectivity index (χ3n) is 3.11. The summed E-state index contributed by atoms with van der Waals surface area (Å²) >= 11 is 0. The Morgan fingerprint density at radius 1 is 1.53 bits per heavy atom. The first-order valence-electron chi connectivity index (χ1n) is 6.15. The van der Waals surface area contributed by atoms with E-state index in [2.05, 4.69) is 15.8 Å². The minimum atomic E-state index is -0.199. The van der Waals surface area contributed by atoms with Gasteiger partial charge in [-0.25, -0.2) is 0 Å². The van der Waals surface area contributed by atoms with Gasteiger partial charge in [0.15, 0.2) is 5.82 Å². The predicted octanol–water partition coefficient (Wildman–Crippen LogP) is 1.84. The molecule has 1 aliphatic carbocycles. The van der Waals surface area contributed by atoms with E-state index < -0.39 is 0 Å². The summed E-state index contributed by atoms with van der Waals surface area (Å²) in [5.41, 5.74) is 0. The zero-order valence-electron chi connectivity index (χ0n) is 10.3. The van der Waals surface area contributed by atoms with Crippen molar-refractivity contribution >= 4 is 11.7 Å². The van der Waals surface area contributed by atoms with Crippen LogP contribution in [0.4, 0.5) is 5.82 Å². The van der Waals surface area contributed by atoms with Gasteiger partial charge in [0.1, 0.15) is 5.76 Å².